The molecule has 1 N–H and O–H groups in total. The average Bonchev–Trinajstić information content (AvgIpc) is 3.31. The van der Waals surface area contributed by atoms with Gasteiger partial charge >= 0.3 is 6.18 Å². The van der Waals surface area contributed by atoms with Crippen LogP contribution in [0.5, 0.6) is 5.88 Å². The summed E-state index contributed by atoms with van der Waals surface area (Å²) in [5.41, 5.74) is 3.54. The number of halogens is 4. The molecule has 204 valence electrons. The largest absolute Gasteiger partial charge is 0.483 e. The van der Waals surface area contributed by atoms with Crippen LogP contribution in [0.4, 0.5) is 17.6 Å². The molecule has 0 amide bonds. The molecule has 1 aliphatic carbocycles. The van der Waals surface area contributed by atoms with E-state index < -0.39 is 17.6 Å². The van der Waals surface area contributed by atoms with Gasteiger partial charge in [-0.1, -0.05) is 43.3 Å². The second kappa shape index (κ2) is 12.0. The van der Waals surface area contributed by atoms with Crippen LogP contribution < -0.4 is 4.74 Å². The maximum absolute atomic E-state index is 14.8. The van der Waals surface area contributed by atoms with Gasteiger partial charge in [0, 0.05) is 17.8 Å². The van der Waals surface area contributed by atoms with Crippen molar-refractivity contribution < 1.29 is 32.2 Å². The Morgan fingerprint density at radius 2 is 1.57 bits per heavy atom. The summed E-state index contributed by atoms with van der Waals surface area (Å²) in [6, 6.07) is 19.0. The van der Waals surface area contributed by atoms with Crippen molar-refractivity contribution in [3.63, 3.8) is 0 Å². The number of hydrogen-bond acceptors (Lipinski definition) is 4. The molecule has 0 fully saturated rings. The van der Waals surface area contributed by atoms with E-state index in [0.717, 1.165) is 35.1 Å². The van der Waals surface area contributed by atoms with E-state index in [0.29, 0.717) is 29.0 Å². The first-order valence-electron chi connectivity index (χ1n) is 12.3. The van der Waals surface area contributed by atoms with Crippen LogP contribution in [0.1, 0.15) is 34.7 Å². The van der Waals surface area contributed by atoms with Crippen molar-refractivity contribution in [3.05, 3.63) is 107 Å². The smallest absolute Gasteiger partial charge is 0.417 e. The molecule has 0 aliphatic heterocycles. The van der Waals surface area contributed by atoms with Crippen molar-refractivity contribution in [2.75, 3.05) is 0 Å². The summed E-state index contributed by atoms with van der Waals surface area (Å²) in [6.45, 7) is 1.65. The van der Waals surface area contributed by atoms with Crippen LogP contribution >= 0.6 is 0 Å². The zero-order valence-corrected chi connectivity index (χ0v) is 21.4. The normalized spacial score (nSPS) is 13.9. The minimum atomic E-state index is -4.74. The van der Waals surface area contributed by atoms with Gasteiger partial charge < -0.3 is 9.84 Å². The lowest BCUT2D eigenvalue weighted by molar-refractivity contribution is -0.137. The Morgan fingerprint density at radius 3 is 2.17 bits per heavy atom. The Kier molecular flexibility index (Phi) is 8.49. The van der Waals surface area contributed by atoms with E-state index >= 15 is 0 Å². The molecule has 1 aliphatic rings. The fourth-order valence-corrected chi connectivity index (χ4v) is 4.71. The van der Waals surface area contributed by atoms with Crippen LogP contribution in [0.2, 0.25) is 0 Å². The molecule has 5 rings (SSSR count). The third kappa shape index (κ3) is 6.46. The predicted octanol–water partition coefficient (Wildman–Crippen LogP) is 7.46. The van der Waals surface area contributed by atoms with Crippen LogP contribution in [-0.2, 0) is 30.4 Å². The summed E-state index contributed by atoms with van der Waals surface area (Å²) in [7, 11) is 0. The SMILES string of the molecule is CC1Cc2cnc(OCc3cc(-c4ccc(-c5ccc(C#N)cc5)cc4)c(C(F)(F)F)cc3F)cc2C1.O=CO. The number of nitrogens with zero attached hydrogens (tertiary/aromatic N) is 2. The molecule has 3 aromatic carbocycles. The second-order valence-electron chi connectivity index (χ2n) is 9.45. The fourth-order valence-electron chi connectivity index (χ4n) is 4.71. The highest BCUT2D eigenvalue weighted by molar-refractivity contribution is 5.73. The third-order valence-electron chi connectivity index (χ3n) is 6.61. The number of pyridine rings is 1. The summed E-state index contributed by atoms with van der Waals surface area (Å²) in [4.78, 5) is 12.6. The predicted molar refractivity (Wildman–Crippen MR) is 141 cm³/mol. The highest BCUT2D eigenvalue weighted by atomic mass is 19.4. The van der Waals surface area contributed by atoms with E-state index in [1.807, 2.05) is 12.1 Å². The minimum absolute atomic E-state index is 0.00911. The minimum Gasteiger partial charge on any atom is -0.483 e. The maximum Gasteiger partial charge on any atom is 0.417 e. The Bertz CT molecular complexity index is 1540. The molecule has 0 saturated carbocycles. The molecule has 1 atom stereocenters. The van der Waals surface area contributed by atoms with Gasteiger partial charge in [-0.2, -0.15) is 18.4 Å². The van der Waals surface area contributed by atoms with Gasteiger partial charge in [0.1, 0.15) is 12.4 Å². The zero-order chi connectivity index (χ0) is 28.9. The molecule has 9 heteroatoms. The number of nitriles is 1. The Hall–Kier alpha value is -4.71. The lowest BCUT2D eigenvalue weighted by Gasteiger charge is -2.16. The number of rotatable bonds is 5. The average molecular weight is 549 g/mol. The van der Waals surface area contributed by atoms with Crippen LogP contribution in [0, 0.1) is 23.1 Å². The van der Waals surface area contributed by atoms with E-state index in [2.05, 4.69) is 11.9 Å². The summed E-state index contributed by atoms with van der Waals surface area (Å²) >= 11 is 0. The van der Waals surface area contributed by atoms with Gasteiger partial charge in [0.05, 0.1) is 17.2 Å². The Balaban J connectivity index is 0.00000118. The van der Waals surface area contributed by atoms with Gasteiger partial charge in [-0.05, 0) is 76.4 Å². The highest BCUT2D eigenvalue weighted by Gasteiger charge is 2.35. The van der Waals surface area contributed by atoms with Crippen molar-refractivity contribution in [1.29, 1.82) is 5.26 Å². The lowest BCUT2D eigenvalue weighted by atomic mass is 9.94. The quantitative estimate of drug-likeness (QED) is 0.207. The zero-order valence-electron chi connectivity index (χ0n) is 21.4. The molecular formula is C31H24F4N2O3. The first-order valence-corrected chi connectivity index (χ1v) is 12.3. The highest BCUT2D eigenvalue weighted by Crippen LogP contribution is 2.39. The van der Waals surface area contributed by atoms with Crippen LogP contribution in [-0.4, -0.2) is 16.6 Å². The van der Waals surface area contributed by atoms with Crippen LogP contribution in [0.25, 0.3) is 22.3 Å². The molecule has 1 heterocycles. The summed E-state index contributed by atoms with van der Waals surface area (Å²) in [5, 5.41) is 15.9. The third-order valence-corrected chi connectivity index (χ3v) is 6.61. The number of carboxylic acid groups (broad SMARTS) is 1. The van der Waals surface area contributed by atoms with E-state index in [-0.39, 0.29) is 24.2 Å². The van der Waals surface area contributed by atoms with E-state index in [1.54, 1.807) is 54.7 Å². The molecule has 4 aromatic rings. The number of carbonyl (C=O) groups is 1. The van der Waals surface area contributed by atoms with Crippen molar-refractivity contribution in [1.82, 2.24) is 4.98 Å². The Morgan fingerprint density at radius 1 is 1.00 bits per heavy atom. The summed E-state index contributed by atoms with van der Waals surface area (Å²) in [6.07, 6.45) is -1.13. The van der Waals surface area contributed by atoms with Gasteiger partial charge in [0.2, 0.25) is 5.88 Å². The van der Waals surface area contributed by atoms with Crippen LogP contribution in [0.15, 0.2) is 72.9 Å². The fraction of sp³-hybridized carbons (Fsp3) is 0.194. The number of fused-ring (bicyclic) bond motifs is 1. The molecule has 40 heavy (non-hydrogen) atoms. The number of benzene rings is 3. The molecule has 0 radical (unpaired) electrons. The van der Waals surface area contributed by atoms with Crippen LogP contribution in [0.3, 0.4) is 0 Å². The molecule has 0 saturated heterocycles. The first kappa shape index (κ1) is 28.3. The Labute approximate surface area is 228 Å². The molecule has 1 unspecified atom stereocenters. The van der Waals surface area contributed by atoms with Gasteiger partial charge in [-0.3, -0.25) is 4.79 Å². The van der Waals surface area contributed by atoms with E-state index in [9.17, 15) is 17.6 Å². The number of ether oxygens (including phenoxy) is 1. The standard InChI is InChI=1S/C30H22F4N2O.CH2O2/c1-18-10-23-13-29(36-16-24(23)11-18)37-17-25-12-26(27(14-28(25)31)30(32,33)34)22-8-6-21(7-9-22)20-4-2-19(15-35)3-5-20;2-1-3/h2-9,12-14,16,18H,10-11,17H2,1H3;1H,(H,2,3). The van der Waals surface area contributed by atoms with Crippen molar-refractivity contribution in [3.8, 4) is 34.2 Å². The second-order valence-corrected chi connectivity index (χ2v) is 9.45. The topological polar surface area (TPSA) is 83.2 Å². The van der Waals surface area contributed by atoms with Gasteiger partial charge in [-0.25, -0.2) is 9.37 Å². The lowest BCUT2D eigenvalue weighted by Crippen LogP contribution is -2.10. The molecule has 0 bridgehead atoms. The van der Waals surface area contributed by atoms with E-state index in [1.165, 1.54) is 6.07 Å². The van der Waals surface area contributed by atoms with Gasteiger partial charge in [0.25, 0.3) is 6.47 Å². The molecule has 1 aromatic heterocycles. The molecule has 0 spiro atoms. The van der Waals surface area contributed by atoms with E-state index in [4.69, 9.17) is 19.9 Å². The van der Waals surface area contributed by atoms with Gasteiger partial charge in [0.15, 0.2) is 0 Å². The van der Waals surface area contributed by atoms with Crippen molar-refractivity contribution in [2.24, 2.45) is 5.92 Å². The van der Waals surface area contributed by atoms with Crippen molar-refractivity contribution in [2.45, 2.75) is 32.5 Å². The number of aromatic nitrogens is 1. The monoisotopic (exact) mass is 548 g/mol. The molecular weight excluding hydrogens is 524 g/mol. The number of alkyl halides is 3. The maximum atomic E-state index is 14.8. The number of hydrogen-bond donors (Lipinski definition) is 1. The van der Waals surface area contributed by atoms with Crippen molar-refractivity contribution >= 4 is 6.47 Å². The summed E-state index contributed by atoms with van der Waals surface area (Å²) in [5.74, 6) is -0.147. The van der Waals surface area contributed by atoms with Gasteiger partial charge in [-0.15, -0.1) is 0 Å². The summed E-state index contributed by atoms with van der Waals surface area (Å²) < 4.78 is 62.0. The molecule has 5 nitrogen and oxygen atoms in total. The first-order chi connectivity index (χ1) is 19.1.